The van der Waals surface area contributed by atoms with Crippen molar-refractivity contribution in [3.63, 3.8) is 0 Å². The molecule has 4 nitrogen and oxygen atoms in total. The quantitative estimate of drug-likeness (QED) is 0.524. The second kappa shape index (κ2) is 5.48. The monoisotopic (exact) mass is 295 g/mol. The molecule has 0 radical (unpaired) electrons. The molecule has 1 aromatic carbocycles. The number of aryl methyl sites for hydroxylation is 1. The first-order valence-corrected chi connectivity index (χ1v) is 9.58. The number of nitrogens with two attached hydrogens (primary N) is 1. The summed E-state index contributed by atoms with van der Waals surface area (Å²) in [6.07, 6.45) is 0. The molecule has 0 aromatic heterocycles. The van der Waals surface area contributed by atoms with Crippen molar-refractivity contribution in [2.24, 2.45) is 0 Å². The zero-order chi connectivity index (χ0) is 15.7. The van der Waals surface area contributed by atoms with Gasteiger partial charge in [-0.3, -0.25) is 0 Å². The highest BCUT2D eigenvalue weighted by Crippen LogP contribution is 2.40. The van der Waals surface area contributed by atoms with Gasteiger partial charge < -0.3 is 14.9 Å². The highest BCUT2D eigenvalue weighted by molar-refractivity contribution is 6.74. The van der Waals surface area contributed by atoms with Gasteiger partial charge in [-0.2, -0.15) is 0 Å². The molecule has 112 valence electrons. The molecule has 2 N–H and O–H groups in total. The van der Waals surface area contributed by atoms with Crippen molar-refractivity contribution in [3.8, 4) is 5.75 Å². The van der Waals surface area contributed by atoms with E-state index < -0.39 is 14.3 Å². The third kappa shape index (κ3) is 3.33. The lowest BCUT2D eigenvalue weighted by Gasteiger charge is -2.37. The second-order valence-corrected chi connectivity index (χ2v) is 11.3. The molecular formula is C15H25NO3Si. The van der Waals surface area contributed by atoms with Crippen LogP contribution in [0.2, 0.25) is 18.1 Å². The Kier molecular flexibility index (Phi) is 4.54. The number of ether oxygens (including phenoxy) is 1. The van der Waals surface area contributed by atoms with E-state index in [1.165, 1.54) is 7.11 Å². The molecule has 5 heteroatoms. The van der Waals surface area contributed by atoms with E-state index in [1.54, 1.807) is 12.1 Å². The van der Waals surface area contributed by atoms with Crippen molar-refractivity contribution in [3.05, 3.63) is 23.3 Å². The fraction of sp³-hybridized carbons (Fsp3) is 0.533. The lowest BCUT2D eigenvalue weighted by Crippen LogP contribution is -2.44. The minimum atomic E-state index is -1.96. The van der Waals surface area contributed by atoms with Crippen LogP contribution in [-0.4, -0.2) is 21.4 Å². The molecule has 1 aromatic rings. The van der Waals surface area contributed by atoms with Gasteiger partial charge in [-0.15, -0.1) is 0 Å². The van der Waals surface area contributed by atoms with Gasteiger partial charge in [0.2, 0.25) is 0 Å². The molecule has 0 bridgehead atoms. The number of rotatable bonds is 3. The van der Waals surface area contributed by atoms with E-state index in [9.17, 15) is 4.79 Å². The van der Waals surface area contributed by atoms with Crippen molar-refractivity contribution in [2.45, 2.75) is 45.8 Å². The number of esters is 1. The summed E-state index contributed by atoms with van der Waals surface area (Å²) in [7, 11) is -0.603. The Morgan fingerprint density at radius 3 is 2.20 bits per heavy atom. The highest BCUT2D eigenvalue weighted by atomic mass is 28.4. The average Bonchev–Trinajstić information content (AvgIpc) is 2.31. The van der Waals surface area contributed by atoms with Crippen molar-refractivity contribution < 1.29 is 14.0 Å². The number of hydrogen-bond donors (Lipinski definition) is 1. The van der Waals surface area contributed by atoms with Crippen LogP contribution >= 0.6 is 0 Å². The first-order chi connectivity index (χ1) is 8.99. The summed E-state index contributed by atoms with van der Waals surface area (Å²) in [6.45, 7) is 12.8. The summed E-state index contributed by atoms with van der Waals surface area (Å²) in [5.41, 5.74) is 7.84. The van der Waals surface area contributed by atoms with Crippen LogP contribution in [0.3, 0.4) is 0 Å². The fourth-order valence-corrected chi connectivity index (χ4v) is 2.68. The Hall–Kier alpha value is -1.49. The Bertz CT molecular complexity index is 495. The van der Waals surface area contributed by atoms with Gasteiger partial charge in [0.15, 0.2) is 0 Å². The molecule has 0 aliphatic heterocycles. The minimum Gasteiger partial charge on any atom is -0.542 e. The summed E-state index contributed by atoms with van der Waals surface area (Å²) >= 11 is 0. The Morgan fingerprint density at radius 1 is 1.25 bits per heavy atom. The van der Waals surface area contributed by atoms with Crippen LogP contribution in [0.1, 0.15) is 36.7 Å². The summed E-state index contributed by atoms with van der Waals surface area (Å²) in [4.78, 5) is 11.6. The van der Waals surface area contributed by atoms with Gasteiger partial charge in [0.1, 0.15) is 5.75 Å². The normalized spacial score (nSPS) is 12.2. The summed E-state index contributed by atoms with van der Waals surface area (Å²) in [5, 5.41) is 0.0902. The van der Waals surface area contributed by atoms with Gasteiger partial charge in [0.05, 0.1) is 18.4 Å². The number of benzene rings is 1. The summed E-state index contributed by atoms with van der Waals surface area (Å²) in [6, 6.07) is 3.37. The van der Waals surface area contributed by atoms with Crippen LogP contribution in [0.25, 0.3) is 0 Å². The summed E-state index contributed by atoms with van der Waals surface area (Å²) in [5.74, 6) is 0.294. The molecule has 0 unspecified atom stereocenters. The zero-order valence-corrected chi connectivity index (χ0v) is 14.5. The third-order valence-corrected chi connectivity index (χ3v) is 8.21. The van der Waals surface area contributed by atoms with Gasteiger partial charge in [-0.25, -0.2) is 4.79 Å². The molecule has 0 saturated carbocycles. The molecule has 0 aliphatic carbocycles. The molecule has 0 aliphatic rings. The van der Waals surface area contributed by atoms with Crippen LogP contribution in [0.4, 0.5) is 5.69 Å². The van der Waals surface area contributed by atoms with Crippen LogP contribution < -0.4 is 10.2 Å². The number of carbonyl (C=O) groups excluding carboxylic acids is 1. The SMILES string of the molecule is COC(=O)c1cc(C)c(O[Si](C)(C)C(C)(C)C)c(N)c1. The number of anilines is 1. The summed E-state index contributed by atoms with van der Waals surface area (Å²) < 4.78 is 11.0. The molecular weight excluding hydrogens is 270 g/mol. The zero-order valence-electron chi connectivity index (χ0n) is 13.5. The lowest BCUT2D eigenvalue weighted by molar-refractivity contribution is 0.0600. The van der Waals surface area contributed by atoms with Crippen LogP contribution in [0, 0.1) is 6.92 Å². The van der Waals surface area contributed by atoms with Gasteiger partial charge in [-0.05, 0) is 42.8 Å². The Morgan fingerprint density at radius 2 is 1.80 bits per heavy atom. The average molecular weight is 295 g/mol. The van der Waals surface area contributed by atoms with Crippen molar-refractivity contribution in [1.82, 2.24) is 0 Å². The fourth-order valence-electron chi connectivity index (χ4n) is 1.58. The van der Waals surface area contributed by atoms with Gasteiger partial charge >= 0.3 is 5.97 Å². The predicted molar refractivity (Wildman–Crippen MR) is 84.8 cm³/mol. The van der Waals surface area contributed by atoms with Crippen molar-refractivity contribution in [1.29, 1.82) is 0 Å². The maximum atomic E-state index is 11.6. The first kappa shape index (κ1) is 16.6. The van der Waals surface area contributed by atoms with Crippen LogP contribution in [-0.2, 0) is 4.74 Å². The smallest absolute Gasteiger partial charge is 0.337 e. The maximum absolute atomic E-state index is 11.6. The number of methoxy groups -OCH3 is 1. The first-order valence-electron chi connectivity index (χ1n) is 6.67. The topological polar surface area (TPSA) is 61.5 Å². The van der Waals surface area contributed by atoms with Gasteiger partial charge in [0, 0.05) is 0 Å². The van der Waals surface area contributed by atoms with Crippen molar-refractivity contribution in [2.75, 3.05) is 12.8 Å². The van der Waals surface area contributed by atoms with Crippen LogP contribution in [0.5, 0.6) is 5.75 Å². The Labute approximate surface area is 122 Å². The molecule has 0 fully saturated rings. The second-order valence-electron chi connectivity index (χ2n) is 6.57. The van der Waals surface area contributed by atoms with Crippen LogP contribution in [0.15, 0.2) is 12.1 Å². The number of nitrogen functional groups attached to an aromatic ring is 1. The van der Waals surface area contributed by atoms with E-state index in [1.807, 2.05) is 6.92 Å². The molecule has 1 rings (SSSR count). The van der Waals surface area contributed by atoms with E-state index in [4.69, 9.17) is 14.9 Å². The van der Waals surface area contributed by atoms with E-state index in [2.05, 4.69) is 33.9 Å². The van der Waals surface area contributed by atoms with Gasteiger partial charge in [0.25, 0.3) is 8.32 Å². The minimum absolute atomic E-state index is 0.0902. The standard InChI is InChI=1S/C15H25NO3Si/c1-10-8-11(14(17)18-5)9-12(16)13(10)19-20(6,7)15(2,3)4/h8-9H,16H2,1-7H3. The largest absolute Gasteiger partial charge is 0.542 e. The number of carbonyl (C=O) groups is 1. The predicted octanol–water partition coefficient (Wildman–Crippen LogP) is 3.75. The molecule has 0 amide bonds. The van der Waals surface area contributed by atoms with E-state index in [0.717, 1.165) is 5.56 Å². The van der Waals surface area contributed by atoms with Crippen molar-refractivity contribution >= 4 is 20.0 Å². The third-order valence-electron chi connectivity index (χ3n) is 3.89. The maximum Gasteiger partial charge on any atom is 0.337 e. The Balaban J connectivity index is 3.19. The van der Waals surface area contributed by atoms with E-state index in [0.29, 0.717) is 17.0 Å². The van der Waals surface area contributed by atoms with E-state index >= 15 is 0 Å². The lowest BCUT2D eigenvalue weighted by atomic mass is 10.1. The number of hydrogen-bond acceptors (Lipinski definition) is 4. The van der Waals surface area contributed by atoms with E-state index in [-0.39, 0.29) is 5.04 Å². The molecule has 0 atom stereocenters. The van der Waals surface area contributed by atoms with Gasteiger partial charge in [-0.1, -0.05) is 20.8 Å². The molecule has 0 saturated heterocycles. The molecule has 0 spiro atoms. The molecule has 0 heterocycles. The highest BCUT2D eigenvalue weighted by Gasteiger charge is 2.39. The molecule has 20 heavy (non-hydrogen) atoms.